The van der Waals surface area contributed by atoms with E-state index < -0.39 is 29.2 Å². The molecular weight excluding hydrogens is 210 g/mol. The van der Waals surface area contributed by atoms with Crippen LogP contribution in [0.3, 0.4) is 0 Å². The van der Waals surface area contributed by atoms with Crippen molar-refractivity contribution in [2.45, 2.75) is 6.43 Å². The predicted octanol–water partition coefficient (Wildman–Crippen LogP) is 0.681. The van der Waals surface area contributed by atoms with Crippen LogP contribution in [0.15, 0.2) is 10.9 Å². The lowest BCUT2D eigenvalue weighted by atomic mass is 10.2. The van der Waals surface area contributed by atoms with E-state index in [9.17, 15) is 18.4 Å². The van der Waals surface area contributed by atoms with Gasteiger partial charge in [-0.25, -0.2) is 13.6 Å². The van der Waals surface area contributed by atoms with Crippen LogP contribution in [0.2, 0.25) is 0 Å². The first-order chi connectivity index (χ1) is 6.97. The molecule has 0 aliphatic carbocycles. The lowest BCUT2D eigenvalue weighted by molar-refractivity contribution is 0.0587. The number of ether oxygens (including phenoxy) is 1. The Morgan fingerprint density at radius 2 is 2.20 bits per heavy atom. The lowest BCUT2D eigenvalue weighted by Gasteiger charge is -2.07. The average molecular weight is 218 g/mol. The molecule has 0 amide bonds. The average Bonchev–Trinajstić information content (AvgIpc) is 2.20. The second-order valence-corrected chi connectivity index (χ2v) is 2.67. The standard InChI is InChI=1S/C8H8F2N2O3/c1-15-8(14)3-2-4(11)7(13)12-5(3)6(9)10/h2,6H,11H2,1H3,(H,12,13). The van der Waals surface area contributed by atoms with Crippen molar-refractivity contribution in [3.05, 3.63) is 27.7 Å². The van der Waals surface area contributed by atoms with Gasteiger partial charge >= 0.3 is 5.97 Å². The molecule has 0 saturated carbocycles. The number of anilines is 1. The molecule has 0 radical (unpaired) electrons. The number of hydrogen-bond acceptors (Lipinski definition) is 4. The lowest BCUT2D eigenvalue weighted by Crippen LogP contribution is -2.19. The maximum absolute atomic E-state index is 12.4. The van der Waals surface area contributed by atoms with Crippen molar-refractivity contribution < 1.29 is 18.3 Å². The Labute approximate surface area is 82.9 Å². The summed E-state index contributed by atoms with van der Waals surface area (Å²) in [5, 5.41) is 0. The van der Waals surface area contributed by atoms with Gasteiger partial charge in [0.1, 0.15) is 0 Å². The van der Waals surface area contributed by atoms with Crippen LogP contribution in [0, 0.1) is 0 Å². The van der Waals surface area contributed by atoms with Gasteiger partial charge in [-0.05, 0) is 6.07 Å². The summed E-state index contributed by atoms with van der Waals surface area (Å²) in [5.41, 5.74) is 2.77. The first-order valence-corrected chi connectivity index (χ1v) is 3.86. The van der Waals surface area contributed by atoms with Crippen LogP contribution in [0.1, 0.15) is 22.5 Å². The first-order valence-electron chi connectivity index (χ1n) is 3.86. The maximum Gasteiger partial charge on any atom is 0.339 e. The Morgan fingerprint density at radius 1 is 1.60 bits per heavy atom. The zero-order valence-electron chi connectivity index (χ0n) is 7.71. The highest BCUT2D eigenvalue weighted by Gasteiger charge is 2.21. The van der Waals surface area contributed by atoms with Gasteiger partial charge in [0.2, 0.25) is 0 Å². The molecule has 1 aromatic rings. The van der Waals surface area contributed by atoms with E-state index in [1.165, 1.54) is 0 Å². The molecule has 0 spiro atoms. The molecule has 1 aromatic heterocycles. The Hall–Kier alpha value is -1.92. The van der Waals surface area contributed by atoms with Crippen molar-refractivity contribution in [1.29, 1.82) is 0 Å². The highest BCUT2D eigenvalue weighted by molar-refractivity contribution is 5.91. The largest absolute Gasteiger partial charge is 0.465 e. The van der Waals surface area contributed by atoms with Crippen molar-refractivity contribution in [2.75, 3.05) is 12.8 Å². The Kier molecular flexibility index (Phi) is 3.03. The normalized spacial score (nSPS) is 10.4. The van der Waals surface area contributed by atoms with Gasteiger partial charge in [0.15, 0.2) is 0 Å². The van der Waals surface area contributed by atoms with Gasteiger partial charge in [0, 0.05) is 0 Å². The van der Waals surface area contributed by atoms with Crippen molar-refractivity contribution in [1.82, 2.24) is 4.98 Å². The molecule has 0 aliphatic rings. The van der Waals surface area contributed by atoms with E-state index in [0.717, 1.165) is 13.2 Å². The van der Waals surface area contributed by atoms with E-state index in [0.29, 0.717) is 0 Å². The molecule has 0 saturated heterocycles. The molecular formula is C8H8F2N2O3. The number of aromatic nitrogens is 1. The fourth-order valence-electron chi connectivity index (χ4n) is 1.01. The number of H-pyrrole nitrogens is 1. The Morgan fingerprint density at radius 3 is 2.67 bits per heavy atom. The number of alkyl halides is 2. The maximum atomic E-state index is 12.4. The number of nitrogens with two attached hydrogens (primary N) is 1. The van der Waals surface area contributed by atoms with Crippen molar-refractivity contribution >= 4 is 11.7 Å². The molecule has 7 heteroatoms. The quantitative estimate of drug-likeness (QED) is 0.715. The molecule has 0 unspecified atom stereocenters. The van der Waals surface area contributed by atoms with Crippen molar-refractivity contribution in [3.8, 4) is 0 Å². The zero-order valence-corrected chi connectivity index (χ0v) is 7.71. The highest BCUT2D eigenvalue weighted by Crippen LogP contribution is 2.20. The minimum Gasteiger partial charge on any atom is -0.465 e. The van der Waals surface area contributed by atoms with Crippen LogP contribution in [-0.2, 0) is 4.74 Å². The molecule has 0 aliphatic heterocycles. The summed E-state index contributed by atoms with van der Waals surface area (Å²) < 4.78 is 29.1. The Bertz CT molecular complexity index is 442. The minimum absolute atomic E-state index is 0.320. The van der Waals surface area contributed by atoms with Gasteiger partial charge in [-0.1, -0.05) is 0 Å². The predicted molar refractivity (Wildman–Crippen MR) is 47.8 cm³/mol. The number of carbonyl (C=O) groups is 1. The summed E-state index contributed by atoms with van der Waals surface area (Å²) >= 11 is 0. The number of nitrogen functional groups attached to an aromatic ring is 1. The number of methoxy groups -OCH3 is 1. The molecule has 1 heterocycles. The van der Waals surface area contributed by atoms with Crippen LogP contribution in [0.25, 0.3) is 0 Å². The van der Waals surface area contributed by atoms with E-state index in [1.54, 1.807) is 0 Å². The molecule has 15 heavy (non-hydrogen) atoms. The molecule has 5 nitrogen and oxygen atoms in total. The van der Waals surface area contributed by atoms with Gasteiger partial charge in [-0.2, -0.15) is 0 Å². The SMILES string of the molecule is COC(=O)c1cc(N)c(=O)[nH]c1C(F)F. The summed E-state index contributed by atoms with van der Waals surface area (Å²) in [6.07, 6.45) is -2.98. The molecule has 0 fully saturated rings. The summed E-state index contributed by atoms with van der Waals surface area (Å²) in [6.45, 7) is 0. The monoisotopic (exact) mass is 218 g/mol. The number of pyridine rings is 1. The van der Waals surface area contributed by atoms with E-state index in [-0.39, 0.29) is 5.69 Å². The van der Waals surface area contributed by atoms with Crippen LogP contribution in [0.4, 0.5) is 14.5 Å². The topological polar surface area (TPSA) is 85.2 Å². The van der Waals surface area contributed by atoms with E-state index >= 15 is 0 Å². The highest BCUT2D eigenvalue weighted by atomic mass is 19.3. The summed E-state index contributed by atoms with van der Waals surface area (Å²) in [5.74, 6) is -0.978. The first kappa shape index (κ1) is 11.2. The summed E-state index contributed by atoms with van der Waals surface area (Å²) in [6, 6.07) is 0.867. The third kappa shape index (κ3) is 2.12. The number of carbonyl (C=O) groups excluding carboxylic acids is 1. The second-order valence-electron chi connectivity index (χ2n) is 2.67. The molecule has 0 aromatic carbocycles. The number of rotatable bonds is 2. The van der Waals surface area contributed by atoms with Crippen LogP contribution >= 0.6 is 0 Å². The van der Waals surface area contributed by atoms with Crippen molar-refractivity contribution in [3.63, 3.8) is 0 Å². The molecule has 3 N–H and O–H groups in total. The minimum atomic E-state index is -2.98. The van der Waals surface area contributed by atoms with Crippen LogP contribution < -0.4 is 11.3 Å². The van der Waals surface area contributed by atoms with Gasteiger partial charge in [-0.3, -0.25) is 4.79 Å². The van der Waals surface area contributed by atoms with Gasteiger partial charge in [0.05, 0.1) is 24.1 Å². The van der Waals surface area contributed by atoms with Gasteiger partial charge < -0.3 is 15.5 Å². The van der Waals surface area contributed by atoms with E-state index in [2.05, 4.69) is 4.74 Å². The molecule has 82 valence electrons. The summed E-state index contributed by atoms with van der Waals surface area (Å²) in [4.78, 5) is 23.8. The van der Waals surface area contributed by atoms with E-state index in [4.69, 9.17) is 5.73 Å². The number of aromatic amines is 1. The second kappa shape index (κ2) is 4.07. The molecule has 1 rings (SSSR count). The number of hydrogen-bond donors (Lipinski definition) is 2. The van der Waals surface area contributed by atoms with Gasteiger partial charge in [-0.15, -0.1) is 0 Å². The third-order valence-corrected chi connectivity index (χ3v) is 1.72. The molecule has 0 atom stereocenters. The fraction of sp³-hybridized carbons (Fsp3) is 0.250. The van der Waals surface area contributed by atoms with Crippen LogP contribution in [-0.4, -0.2) is 18.1 Å². The third-order valence-electron chi connectivity index (χ3n) is 1.72. The van der Waals surface area contributed by atoms with E-state index in [1.807, 2.05) is 4.98 Å². The van der Waals surface area contributed by atoms with Gasteiger partial charge in [0.25, 0.3) is 12.0 Å². The fourth-order valence-corrected chi connectivity index (χ4v) is 1.01. The number of nitrogens with one attached hydrogen (secondary N) is 1. The zero-order chi connectivity index (χ0) is 11.6. The number of esters is 1. The van der Waals surface area contributed by atoms with Crippen LogP contribution in [0.5, 0.6) is 0 Å². The summed E-state index contributed by atoms with van der Waals surface area (Å²) in [7, 11) is 1.04. The van der Waals surface area contributed by atoms with Crippen molar-refractivity contribution in [2.24, 2.45) is 0 Å². The smallest absolute Gasteiger partial charge is 0.339 e. The number of halogens is 2. The molecule has 0 bridgehead atoms. The Balaban J connectivity index is 3.41.